The Balaban J connectivity index is 2.06. The molecule has 0 radical (unpaired) electrons. The van der Waals surface area contributed by atoms with Crippen LogP contribution in [0.15, 0.2) is 30.5 Å². The molecule has 0 bridgehead atoms. The van der Waals surface area contributed by atoms with E-state index in [4.69, 9.17) is 0 Å². The zero-order chi connectivity index (χ0) is 18.2. The third-order valence-electron chi connectivity index (χ3n) is 3.20. The molecule has 0 saturated heterocycles. The molecule has 1 unspecified atom stereocenters. The van der Waals surface area contributed by atoms with Crippen molar-refractivity contribution in [1.82, 2.24) is 15.0 Å². The van der Waals surface area contributed by atoms with Crippen LogP contribution < -0.4 is 0 Å². The Kier molecular flexibility index (Phi) is 4.05. The first-order valence-electron chi connectivity index (χ1n) is 6.64. The minimum absolute atomic E-state index is 0.147. The lowest BCUT2D eigenvalue weighted by Crippen LogP contribution is -2.12. The molecule has 0 amide bonds. The molecule has 3 rings (SSSR count). The molecule has 0 spiro atoms. The predicted molar refractivity (Wildman–Crippen MR) is 80.8 cm³/mol. The first-order chi connectivity index (χ1) is 11.8. The topological polar surface area (TPSA) is 106 Å². The molecule has 0 aliphatic heterocycles. The van der Waals surface area contributed by atoms with Crippen molar-refractivity contribution in [2.75, 3.05) is 0 Å². The minimum atomic E-state index is -4.66. The van der Waals surface area contributed by atoms with Crippen molar-refractivity contribution in [2.24, 2.45) is 0 Å². The van der Waals surface area contributed by atoms with Gasteiger partial charge in [-0.3, -0.25) is 10.1 Å². The van der Waals surface area contributed by atoms with Crippen LogP contribution in [0.1, 0.15) is 22.4 Å². The molecular weight excluding hydrogens is 359 g/mol. The number of nitriles is 1. The fourth-order valence-electron chi connectivity index (χ4n) is 2.06. The predicted octanol–water partition coefficient (Wildman–Crippen LogP) is 3.67. The van der Waals surface area contributed by atoms with Crippen molar-refractivity contribution < 1.29 is 18.1 Å². The van der Waals surface area contributed by atoms with Crippen molar-refractivity contribution in [1.29, 1.82) is 5.26 Å². The smallest absolute Gasteiger partial charge is 0.258 e. The highest BCUT2D eigenvalue weighted by atomic mass is 32.1. The summed E-state index contributed by atoms with van der Waals surface area (Å²) in [6, 6.07) is 6.50. The minimum Gasteiger partial charge on any atom is -0.258 e. The summed E-state index contributed by atoms with van der Waals surface area (Å²) in [5, 5.41) is 20.3. The maximum atomic E-state index is 12.8. The van der Waals surface area contributed by atoms with Crippen molar-refractivity contribution in [2.45, 2.75) is 12.1 Å². The van der Waals surface area contributed by atoms with Gasteiger partial charge in [-0.05, 0) is 12.1 Å². The molecule has 11 heteroatoms. The van der Waals surface area contributed by atoms with Crippen LogP contribution in [-0.4, -0.2) is 19.9 Å². The van der Waals surface area contributed by atoms with Gasteiger partial charge in [-0.1, -0.05) is 0 Å². The number of benzene rings is 1. The monoisotopic (exact) mass is 365 g/mol. The number of aromatic nitrogens is 3. The Labute approximate surface area is 141 Å². The van der Waals surface area contributed by atoms with Crippen LogP contribution in [0.3, 0.4) is 0 Å². The number of nitrogens with zero attached hydrogens (tertiary/aromatic N) is 5. The highest BCUT2D eigenvalue weighted by molar-refractivity contribution is 7.18. The second kappa shape index (κ2) is 6.06. The number of halogens is 3. The van der Waals surface area contributed by atoms with E-state index in [-0.39, 0.29) is 16.5 Å². The lowest BCUT2D eigenvalue weighted by Gasteiger charge is -2.08. The lowest BCUT2D eigenvalue weighted by molar-refractivity contribution is -0.384. The number of thiazole rings is 1. The van der Waals surface area contributed by atoms with E-state index in [2.05, 4.69) is 15.0 Å². The Morgan fingerprint density at radius 3 is 2.68 bits per heavy atom. The van der Waals surface area contributed by atoms with E-state index in [0.717, 1.165) is 17.5 Å². The number of hydrogen-bond donors (Lipinski definition) is 0. The van der Waals surface area contributed by atoms with Crippen LogP contribution in [0.4, 0.5) is 18.9 Å². The van der Waals surface area contributed by atoms with Gasteiger partial charge < -0.3 is 0 Å². The Morgan fingerprint density at radius 1 is 1.28 bits per heavy atom. The number of fused-ring (bicyclic) bond motifs is 1. The molecule has 1 aromatic carbocycles. The van der Waals surface area contributed by atoms with E-state index in [1.165, 1.54) is 18.2 Å². The average Bonchev–Trinajstić information content (AvgIpc) is 2.97. The zero-order valence-electron chi connectivity index (χ0n) is 12.1. The standard InChI is InChI=1S/C14H6F3N5O2S/c15-14(16,17)11-3-4-19-12(21-11)8(6-18)13-20-9-2-1-7(22(23)24)5-10(9)25-13/h1-5,8H. The summed E-state index contributed by atoms with van der Waals surface area (Å²) in [5.74, 6) is -1.54. The van der Waals surface area contributed by atoms with Gasteiger partial charge in [0.2, 0.25) is 0 Å². The summed E-state index contributed by atoms with van der Waals surface area (Å²) < 4.78 is 38.8. The van der Waals surface area contributed by atoms with Gasteiger partial charge in [-0.15, -0.1) is 11.3 Å². The molecule has 2 heterocycles. The third-order valence-corrected chi connectivity index (χ3v) is 4.28. The fraction of sp³-hybridized carbons (Fsp3) is 0.143. The summed E-state index contributed by atoms with van der Waals surface area (Å²) in [6.45, 7) is 0. The van der Waals surface area contributed by atoms with E-state index >= 15 is 0 Å². The van der Waals surface area contributed by atoms with E-state index in [9.17, 15) is 28.5 Å². The van der Waals surface area contributed by atoms with Gasteiger partial charge in [0.05, 0.1) is 21.2 Å². The van der Waals surface area contributed by atoms with Crippen LogP contribution in [0.25, 0.3) is 10.2 Å². The molecule has 25 heavy (non-hydrogen) atoms. The molecule has 1 atom stereocenters. The van der Waals surface area contributed by atoms with Crippen molar-refractivity contribution >= 4 is 27.2 Å². The van der Waals surface area contributed by atoms with Gasteiger partial charge in [-0.2, -0.15) is 18.4 Å². The summed E-state index contributed by atoms with van der Waals surface area (Å²) in [5.41, 5.74) is -0.904. The molecule has 126 valence electrons. The number of alkyl halides is 3. The highest BCUT2D eigenvalue weighted by Crippen LogP contribution is 2.33. The van der Waals surface area contributed by atoms with Crippen LogP contribution in [0.5, 0.6) is 0 Å². The Bertz CT molecular complexity index is 1010. The molecule has 0 saturated carbocycles. The van der Waals surface area contributed by atoms with Gasteiger partial charge in [0.25, 0.3) is 5.69 Å². The molecule has 0 fully saturated rings. The summed E-state index contributed by atoms with van der Waals surface area (Å²) in [6.07, 6.45) is -3.74. The third kappa shape index (κ3) is 3.24. The van der Waals surface area contributed by atoms with Crippen molar-refractivity contribution in [3.63, 3.8) is 0 Å². The number of non-ortho nitro benzene ring substituents is 1. The quantitative estimate of drug-likeness (QED) is 0.518. The van der Waals surface area contributed by atoms with Gasteiger partial charge in [-0.25, -0.2) is 15.0 Å². The second-order valence-corrected chi connectivity index (χ2v) is 5.88. The zero-order valence-corrected chi connectivity index (χ0v) is 12.9. The normalized spacial score (nSPS) is 12.7. The number of nitro groups is 1. The van der Waals surface area contributed by atoms with Crippen molar-refractivity contribution in [3.8, 4) is 6.07 Å². The van der Waals surface area contributed by atoms with Crippen LogP contribution in [0.2, 0.25) is 0 Å². The van der Waals surface area contributed by atoms with Gasteiger partial charge in [0, 0.05) is 18.3 Å². The van der Waals surface area contributed by atoms with E-state index in [1.54, 1.807) is 0 Å². The fourth-order valence-corrected chi connectivity index (χ4v) is 3.11. The first kappa shape index (κ1) is 16.7. The molecule has 0 N–H and O–H groups in total. The SMILES string of the molecule is N#CC(c1nccc(C(F)(F)F)n1)c1nc2ccc([N+](=O)[O-])cc2s1. The summed E-state index contributed by atoms with van der Waals surface area (Å²) >= 11 is 0.970. The second-order valence-electron chi connectivity index (χ2n) is 4.82. The Morgan fingerprint density at radius 2 is 2.04 bits per heavy atom. The molecule has 3 aromatic rings. The largest absolute Gasteiger partial charge is 0.433 e. The van der Waals surface area contributed by atoms with E-state index in [1.807, 2.05) is 6.07 Å². The Hall–Kier alpha value is -3.13. The van der Waals surface area contributed by atoms with Crippen molar-refractivity contribution in [3.05, 3.63) is 57.1 Å². The van der Waals surface area contributed by atoms with Crippen LogP contribution in [0, 0.1) is 21.4 Å². The number of nitro benzene ring substituents is 1. The molecular formula is C14H6F3N5O2S. The summed E-state index contributed by atoms with van der Waals surface area (Å²) in [7, 11) is 0. The molecule has 2 aromatic heterocycles. The highest BCUT2D eigenvalue weighted by Gasteiger charge is 2.34. The molecule has 7 nitrogen and oxygen atoms in total. The lowest BCUT2D eigenvalue weighted by atomic mass is 10.1. The van der Waals surface area contributed by atoms with Gasteiger partial charge in [0.1, 0.15) is 10.7 Å². The first-order valence-corrected chi connectivity index (χ1v) is 7.46. The van der Waals surface area contributed by atoms with Crippen LogP contribution >= 0.6 is 11.3 Å². The maximum Gasteiger partial charge on any atom is 0.433 e. The van der Waals surface area contributed by atoms with Gasteiger partial charge >= 0.3 is 6.18 Å². The van der Waals surface area contributed by atoms with Gasteiger partial charge in [0.15, 0.2) is 11.7 Å². The number of rotatable bonds is 3. The summed E-state index contributed by atoms with van der Waals surface area (Å²) in [4.78, 5) is 21.5. The molecule has 0 aliphatic carbocycles. The number of hydrogen-bond acceptors (Lipinski definition) is 7. The van der Waals surface area contributed by atoms with Crippen LogP contribution in [-0.2, 0) is 6.18 Å². The average molecular weight is 365 g/mol. The maximum absolute atomic E-state index is 12.8. The van der Waals surface area contributed by atoms with E-state index < -0.39 is 22.7 Å². The van der Waals surface area contributed by atoms with E-state index in [0.29, 0.717) is 16.3 Å². The molecule has 0 aliphatic rings.